The van der Waals surface area contributed by atoms with E-state index in [0.29, 0.717) is 23.4 Å². The van der Waals surface area contributed by atoms with Crippen LogP contribution in [0.15, 0.2) is 12.1 Å². The third-order valence-electron chi connectivity index (χ3n) is 3.63. The molecule has 0 unspecified atom stereocenters. The predicted octanol–water partition coefficient (Wildman–Crippen LogP) is 1.86. The molecule has 1 aliphatic rings. The molecule has 2 heterocycles. The van der Waals surface area contributed by atoms with Gasteiger partial charge in [0.25, 0.3) is 0 Å². The average molecular weight is 293 g/mol. The molecular weight excluding hydrogens is 276 g/mol. The Hall–Kier alpha value is -2.02. The van der Waals surface area contributed by atoms with Gasteiger partial charge in [0, 0.05) is 31.7 Å². The summed E-state index contributed by atoms with van der Waals surface area (Å²) in [5.41, 5.74) is 0.607. The highest BCUT2D eigenvalue weighted by molar-refractivity contribution is 5.58. The topological polar surface area (TPSA) is 56.8 Å². The van der Waals surface area contributed by atoms with E-state index in [0.717, 1.165) is 25.7 Å². The number of halogens is 2. The maximum atomic E-state index is 13.9. The zero-order valence-corrected chi connectivity index (χ0v) is 12.0. The molecule has 1 atom stereocenters. The first-order valence-electron chi connectivity index (χ1n) is 6.91. The van der Waals surface area contributed by atoms with Crippen LogP contribution in [0.4, 0.5) is 14.7 Å². The van der Waals surface area contributed by atoms with Crippen LogP contribution in [0.2, 0.25) is 0 Å². The summed E-state index contributed by atoms with van der Waals surface area (Å²) in [4.78, 5) is 6.38. The highest BCUT2D eigenvalue weighted by atomic mass is 19.1. The lowest BCUT2D eigenvalue weighted by molar-refractivity contribution is 0.480. The smallest absolute Gasteiger partial charge is 0.245 e. The second kappa shape index (κ2) is 5.40. The first-order chi connectivity index (χ1) is 10.0. The molecule has 1 fully saturated rings. The summed E-state index contributed by atoms with van der Waals surface area (Å²) in [5, 5.41) is 10.2. The quantitative estimate of drug-likeness (QED) is 0.887. The predicted molar refractivity (Wildman–Crippen MR) is 76.1 cm³/mol. The van der Waals surface area contributed by atoms with E-state index in [1.54, 1.807) is 6.92 Å². The van der Waals surface area contributed by atoms with E-state index >= 15 is 0 Å². The summed E-state index contributed by atoms with van der Waals surface area (Å²) >= 11 is 0. The molecule has 0 amide bonds. The number of aromatic nitrogens is 3. The van der Waals surface area contributed by atoms with Gasteiger partial charge in [-0.05, 0) is 25.5 Å². The van der Waals surface area contributed by atoms with E-state index in [2.05, 4.69) is 27.4 Å². The molecule has 112 valence electrons. The van der Waals surface area contributed by atoms with Crippen molar-refractivity contribution in [2.75, 3.05) is 24.5 Å². The van der Waals surface area contributed by atoms with Crippen molar-refractivity contribution >= 4 is 5.95 Å². The van der Waals surface area contributed by atoms with Crippen molar-refractivity contribution in [3.8, 4) is 11.4 Å². The summed E-state index contributed by atoms with van der Waals surface area (Å²) in [6.45, 7) is 6.13. The van der Waals surface area contributed by atoms with E-state index in [1.165, 1.54) is 6.07 Å². The summed E-state index contributed by atoms with van der Waals surface area (Å²) in [5.74, 6) is -0.349. The van der Waals surface area contributed by atoms with Crippen molar-refractivity contribution < 1.29 is 8.78 Å². The molecule has 0 aliphatic carbocycles. The Kier molecular flexibility index (Phi) is 3.59. The molecule has 0 spiro atoms. The number of aryl methyl sites for hydroxylation is 1. The van der Waals surface area contributed by atoms with Gasteiger partial charge < -0.3 is 10.2 Å². The van der Waals surface area contributed by atoms with Crippen LogP contribution >= 0.6 is 0 Å². The van der Waals surface area contributed by atoms with Crippen LogP contribution in [-0.2, 0) is 0 Å². The van der Waals surface area contributed by atoms with Gasteiger partial charge in [-0.3, -0.25) is 5.10 Å². The monoisotopic (exact) mass is 293 g/mol. The molecule has 21 heavy (non-hydrogen) atoms. The van der Waals surface area contributed by atoms with Crippen LogP contribution in [0.3, 0.4) is 0 Å². The van der Waals surface area contributed by atoms with Crippen molar-refractivity contribution in [3.63, 3.8) is 0 Å². The van der Waals surface area contributed by atoms with Crippen molar-refractivity contribution in [2.45, 2.75) is 19.9 Å². The standard InChI is InChI=1S/C14H17F2N5/c1-8-5-10(12(16)6-11(8)15)13-18-14(20-19-13)21-4-3-17-9(2)7-21/h5-6,9,17H,3-4,7H2,1-2H3,(H,18,19,20)/t9-/m0/s1. The minimum atomic E-state index is -0.644. The number of hydrogen-bond donors (Lipinski definition) is 2. The van der Waals surface area contributed by atoms with Crippen LogP contribution in [0.5, 0.6) is 0 Å². The Morgan fingerprint density at radius 2 is 2.10 bits per heavy atom. The molecule has 7 heteroatoms. The maximum absolute atomic E-state index is 13.9. The van der Waals surface area contributed by atoms with Crippen LogP contribution < -0.4 is 10.2 Å². The first-order valence-corrected chi connectivity index (χ1v) is 6.91. The molecule has 0 radical (unpaired) electrons. The molecule has 5 nitrogen and oxygen atoms in total. The minimum Gasteiger partial charge on any atom is -0.337 e. The molecule has 1 aromatic heterocycles. The lowest BCUT2D eigenvalue weighted by Gasteiger charge is -2.30. The lowest BCUT2D eigenvalue weighted by Crippen LogP contribution is -2.49. The number of H-pyrrole nitrogens is 1. The van der Waals surface area contributed by atoms with Gasteiger partial charge in [0.15, 0.2) is 5.82 Å². The second-order valence-corrected chi connectivity index (χ2v) is 5.37. The Balaban J connectivity index is 1.90. The van der Waals surface area contributed by atoms with Crippen molar-refractivity contribution in [2.24, 2.45) is 0 Å². The summed E-state index contributed by atoms with van der Waals surface area (Å²) in [6, 6.07) is 2.67. The van der Waals surface area contributed by atoms with Crippen LogP contribution in [0, 0.1) is 18.6 Å². The molecular formula is C14H17F2N5. The van der Waals surface area contributed by atoms with Gasteiger partial charge in [-0.1, -0.05) is 0 Å². The van der Waals surface area contributed by atoms with Gasteiger partial charge >= 0.3 is 0 Å². The largest absolute Gasteiger partial charge is 0.337 e. The number of anilines is 1. The molecule has 1 saturated heterocycles. The van der Waals surface area contributed by atoms with Crippen molar-refractivity contribution in [1.29, 1.82) is 0 Å². The van der Waals surface area contributed by atoms with Crippen molar-refractivity contribution in [1.82, 2.24) is 20.5 Å². The normalized spacial score (nSPS) is 19.0. The van der Waals surface area contributed by atoms with Crippen molar-refractivity contribution in [3.05, 3.63) is 29.3 Å². The Labute approximate surface area is 121 Å². The number of hydrogen-bond acceptors (Lipinski definition) is 4. The number of nitrogens with one attached hydrogen (secondary N) is 2. The lowest BCUT2D eigenvalue weighted by atomic mass is 10.1. The molecule has 0 saturated carbocycles. The van der Waals surface area contributed by atoms with Gasteiger partial charge in [-0.25, -0.2) is 8.78 Å². The Morgan fingerprint density at radius 1 is 1.29 bits per heavy atom. The molecule has 2 aromatic rings. The van der Waals surface area contributed by atoms with Gasteiger partial charge in [-0.15, -0.1) is 5.10 Å². The molecule has 2 N–H and O–H groups in total. The third-order valence-corrected chi connectivity index (χ3v) is 3.63. The van der Waals surface area contributed by atoms with Gasteiger partial charge in [-0.2, -0.15) is 4.98 Å². The first kappa shape index (κ1) is 13.9. The zero-order valence-electron chi connectivity index (χ0n) is 12.0. The minimum absolute atomic E-state index is 0.232. The second-order valence-electron chi connectivity index (χ2n) is 5.37. The van der Waals surface area contributed by atoms with E-state index in [-0.39, 0.29) is 5.56 Å². The Bertz CT molecular complexity index is 655. The SMILES string of the molecule is Cc1cc(-c2nc(N3CCN[C@@H](C)C3)n[nH]2)c(F)cc1F. The number of rotatable bonds is 2. The summed E-state index contributed by atoms with van der Waals surface area (Å²) in [7, 11) is 0. The highest BCUT2D eigenvalue weighted by Crippen LogP contribution is 2.24. The van der Waals surface area contributed by atoms with E-state index in [9.17, 15) is 8.78 Å². The summed E-state index contributed by atoms with van der Waals surface area (Å²) < 4.78 is 27.2. The fourth-order valence-electron chi connectivity index (χ4n) is 2.47. The fourth-order valence-corrected chi connectivity index (χ4v) is 2.47. The summed E-state index contributed by atoms with van der Waals surface area (Å²) in [6.07, 6.45) is 0. The third kappa shape index (κ3) is 2.73. The Morgan fingerprint density at radius 3 is 2.86 bits per heavy atom. The maximum Gasteiger partial charge on any atom is 0.245 e. The van der Waals surface area contributed by atoms with E-state index in [1.807, 2.05) is 4.90 Å². The number of aromatic amines is 1. The molecule has 3 rings (SSSR count). The van der Waals surface area contributed by atoms with E-state index in [4.69, 9.17) is 0 Å². The van der Waals surface area contributed by atoms with Gasteiger partial charge in [0.05, 0.1) is 5.56 Å². The number of benzene rings is 1. The van der Waals surface area contributed by atoms with Gasteiger partial charge in [0.2, 0.25) is 5.95 Å². The number of nitrogens with zero attached hydrogens (tertiary/aromatic N) is 3. The molecule has 0 bridgehead atoms. The van der Waals surface area contributed by atoms with Crippen LogP contribution in [0.1, 0.15) is 12.5 Å². The van der Waals surface area contributed by atoms with E-state index < -0.39 is 11.6 Å². The molecule has 1 aromatic carbocycles. The fraction of sp³-hybridized carbons (Fsp3) is 0.429. The van der Waals surface area contributed by atoms with Gasteiger partial charge in [0.1, 0.15) is 11.6 Å². The van der Waals surface area contributed by atoms with Crippen LogP contribution in [-0.4, -0.2) is 40.9 Å². The average Bonchev–Trinajstić information content (AvgIpc) is 2.92. The molecule has 1 aliphatic heterocycles. The van der Waals surface area contributed by atoms with Crippen LogP contribution in [0.25, 0.3) is 11.4 Å². The zero-order chi connectivity index (χ0) is 15.0. The highest BCUT2D eigenvalue weighted by Gasteiger charge is 2.20. The number of piperazine rings is 1.